The summed E-state index contributed by atoms with van der Waals surface area (Å²) in [4.78, 5) is 11.9. The van der Waals surface area contributed by atoms with E-state index in [1.165, 1.54) is 27.8 Å². The van der Waals surface area contributed by atoms with Crippen molar-refractivity contribution >= 4 is 51.1 Å². The van der Waals surface area contributed by atoms with Crippen LogP contribution in [0.5, 0.6) is 5.75 Å². The molecule has 1 radical (unpaired) electrons. The fourth-order valence-corrected chi connectivity index (χ4v) is 15.1. The Kier molecular flexibility index (Phi) is 8.14. The molecule has 5 aliphatic rings. The number of rotatable bonds is 7. The second-order valence-electron chi connectivity index (χ2n) is 20.4. The molecule has 2 saturated carbocycles. The van der Waals surface area contributed by atoms with Gasteiger partial charge in [-0.15, -0.1) is 0 Å². The van der Waals surface area contributed by atoms with Crippen LogP contribution in [0, 0.1) is 28.6 Å². The van der Waals surface area contributed by atoms with Gasteiger partial charge in [0.15, 0.2) is 8.32 Å². The molecule has 1 aliphatic heterocycles. The molecule has 8 atom stereocenters. The molecular formula is C45H62NO5Si2. The van der Waals surface area contributed by atoms with E-state index in [1.54, 1.807) is 6.08 Å². The summed E-state index contributed by atoms with van der Waals surface area (Å²) in [6.45, 7) is 34.0. The van der Waals surface area contributed by atoms with Crippen LogP contribution in [0.1, 0.15) is 115 Å². The van der Waals surface area contributed by atoms with Gasteiger partial charge in [0.2, 0.25) is 9.04 Å². The Balaban J connectivity index is 1.42. The van der Waals surface area contributed by atoms with Gasteiger partial charge in [-0.1, -0.05) is 33.4 Å². The smallest absolute Gasteiger partial charge is 0.205 e. The molecule has 8 heteroatoms. The molecule has 2 fully saturated rings. The molecule has 1 aromatic carbocycles. The molecule has 2 aromatic heterocycles. The van der Waals surface area contributed by atoms with E-state index in [-0.39, 0.29) is 34.4 Å². The number of nitrogens with zero attached hydrogens (tertiary/aromatic N) is 1. The minimum absolute atomic E-state index is 0.0155. The van der Waals surface area contributed by atoms with Crippen molar-refractivity contribution < 1.29 is 23.5 Å². The van der Waals surface area contributed by atoms with Crippen LogP contribution < -0.4 is 0 Å². The molecule has 53 heavy (non-hydrogen) atoms. The summed E-state index contributed by atoms with van der Waals surface area (Å²) < 4.78 is 23.3. The Morgan fingerprint density at radius 3 is 2.42 bits per heavy atom. The van der Waals surface area contributed by atoms with Crippen LogP contribution in [-0.4, -0.2) is 50.5 Å². The zero-order valence-corrected chi connectivity index (χ0v) is 36.5. The summed E-state index contributed by atoms with van der Waals surface area (Å²) in [6, 6.07) is 2.48. The predicted octanol–water partition coefficient (Wildman–Crippen LogP) is 10.8. The van der Waals surface area contributed by atoms with Gasteiger partial charge in [-0.2, -0.15) is 0 Å². The standard InChI is InChI=1S/C45H62NO5Si2/c1-25(2)36-38(48)34-33-27(30-24-41(3,4)51-42(5,6)35(30)39(33)49-52(10)11)23-28-29-22-26-16-17-31-43(7,19-15-21-47)32(50-53(12,13)14)18-20-44(31,8)45(26,9)40(29)46(36)37(28)34/h15,19,21,23-24,26,31-32,35,39,48H,1,16-18,20,22H2,2-14H3/t26?,31?,32?,35?,39?,43-,44-,45+/m0/s1. The van der Waals surface area contributed by atoms with E-state index in [9.17, 15) is 9.90 Å². The summed E-state index contributed by atoms with van der Waals surface area (Å²) in [5, 5.41) is 14.9. The third-order valence-electron chi connectivity index (χ3n) is 14.8. The first kappa shape index (κ1) is 37.4. The van der Waals surface area contributed by atoms with E-state index < -0.39 is 28.6 Å². The van der Waals surface area contributed by atoms with Crippen LogP contribution in [0.25, 0.3) is 27.4 Å². The Hall–Kier alpha value is -2.50. The van der Waals surface area contributed by atoms with Crippen LogP contribution in [0.15, 0.2) is 30.9 Å². The van der Waals surface area contributed by atoms with Crippen LogP contribution in [0.2, 0.25) is 32.7 Å². The lowest BCUT2D eigenvalue weighted by Crippen LogP contribution is -2.63. The maximum atomic E-state index is 12.6. The zero-order chi connectivity index (χ0) is 38.6. The first-order chi connectivity index (χ1) is 24.5. The fourth-order valence-electron chi connectivity index (χ4n) is 13.1. The SMILES string of the molecule is C=C(C)c1c(O)c2c3c(cc4c5c(n1c42)[C@@]1(C)C(CCC2[C@](C)(C=CC=O)C(O[Si](C)(C)C)CC[C@@]21C)C5)C1=CC(C)(C)OC(C)(C)C1C3O[Si](C)C. The third-order valence-corrected chi connectivity index (χ3v) is 16.5. The fraction of sp³-hybridized carbons (Fsp3) is 0.622. The van der Waals surface area contributed by atoms with Crippen LogP contribution in [-0.2, 0) is 30.2 Å². The molecular weight excluding hydrogens is 691 g/mol. The number of benzene rings is 1. The highest BCUT2D eigenvalue weighted by molar-refractivity contribution is 6.69. The minimum Gasteiger partial charge on any atom is -0.505 e. The number of fused-ring (bicyclic) bond motifs is 11. The first-order valence-corrected chi connectivity index (χ1v) is 25.9. The van der Waals surface area contributed by atoms with Crippen molar-refractivity contribution in [2.45, 2.75) is 149 Å². The second kappa shape index (κ2) is 11.5. The highest BCUT2D eigenvalue weighted by Crippen LogP contribution is 2.72. The molecule has 6 nitrogen and oxygen atoms in total. The largest absolute Gasteiger partial charge is 0.505 e. The van der Waals surface area contributed by atoms with Gasteiger partial charge < -0.3 is 23.1 Å². The van der Waals surface area contributed by atoms with E-state index in [1.807, 2.05) is 6.92 Å². The lowest BCUT2D eigenvalue weighted by molar-refractivity contribution is -0.140. The summed E-state index contributed by atoms with van der Waals surface area (Å²) in [7, 11) is -2.97. The van der Waals surface area contributed by atoms with Gasteiger partial charge in [0, 0.05) is 38.8 Å². The van der Waals surface area contributed by atoms with Crippen LogP contribution in [0.3, 0.4) is 0 Å². The number of carbonyl (C=O) groups is 1. The Morgan fingerprint density at radius 1 is 1.09 bits per heavy atom. The molecule has 5 unspecified atom stereocenters. The van der Waals surface area contributed by atoms with E-state index in [2.05, 4.69) is 110 Å². The Morgan fingerprint density at radius 2 is 1.79 bits per heavy atom. The maximum absolute atomic E-state index is 12.6. The van der Waals surface area contributed by atoms with Gasteiger partial charge >= 0.3 is 0 Å². The lowest BCUT2D eigenvalue weighted by Gasteiger charge is -2.65. The van der Waals surface area contributed by atoms with Gasteiger partial charge in [0.05, 0.1) is 34.6 Å². The van der Waals surface area contributed by atoms with Crippen molar-refractivity contribution in [3.8, 4) is 5.75 Å². The molecule has 0 saturated heterocycles. The van der Waals surface area contributed by atoms with Crippen molar-refractivity contribution in [1.29, 1.82) is 0 Å². The number of hydrogen-bond donors (Lipinski definition) is 1. The molecule has 0 spiro atoms. The number of allylic oxidation sites excluding steroid dienone is 2. The van der Waals surface area contributed by atoms with Crippen molar-refractivity contribution in [3.63, 3.8) is 0 Å². The van der Waals surface area contributed by atoms with Gasteiger partial charge in [-0.3, -0.25) is 4.79 Å². The number of aromatic hydroxyl groups is 1. The summed E-state index contributed by atoms with van der Waals surface area (Å²) in [6.07, 6.45) is 12.3. The van der Waals surface area contributed by atoms with Gasteiger partial charge in [-0.25, -0.2) is 0 Å². The van der Waals surface area contributed by atoms with Crippen molar-refractivity contribution in [2.24, 2.45) is 28.6 Å². The number of ether oxygens (including phenoxy) is 1. The van der Waals surface area contributed by atoms with E-state index >= 15 is 0 Å². The number of carbonyl (C=O) groups excluding carboxylic acids is 1. The molecule has 4 aliphatic carbocycles. The summed E-state index contributed by atoms with van der Waals surface area (Å²) >= 11 is 0. The number of aromatic nitrogens is 1. The van der Waals surface area contributed by atoms with Crippen LogP contribution >= 0.6 is 0 Å². The van der Waals surface area contributed by atoms with E-state index in [0.29, 0.717) is 17.6 Å². The Bertz CT molecular complexity index is 2120. The zero-order valence-electron chi connectivity index (χ0n) is 34.5. The minimum atomic E-state index is -1.86. The molecule has 3 heterocycles. The predicted molar refractivity (Wildman–Crippen MR) is 221 cm³/mol. The van der Waals surface area contributed by atoms with Crippen molar-refractivity contribution in [2.75, 3.05) is 0 Å². The highest BCUT2D eigenvalue weighted by Gasteiger charge is 2.67. The maximum Gasteiger partial charge on any atom is 0.205 e. The van der Waals surface area contributed by atoms with Gasteiger partial charge in [0.1, 0.15) is 12.0 Å². The molecule has 1 N–H and O–H groups in total. The number of aldehydes is 1. The monoisotopic (exact) mass is 752 g/mol. The topological polar surface area (TPSA) is 69.4 Å². The highest BCUT2D eigenvalue weighted by atomic mass is 28.4. The lowest BCUT2D eigenvalue weighted by atomic mass is 9.40. The normalized spacial score (nSPS) is 35.7. The second-order valence-corrected chi connectivity index (χ2v) is 26.9. The van der Waals surface area contributed by atoms with Crippen LogP contribution in [0.4, 0.5) is 0 Å². The Labute approximate surface area is 320 Å². The first-order valence-electron chi connectivity index (χ1n) is 20.1. The third kappa shape index (κ3) is 4.93. The summed E-state index contributed by atoms with van der Waals surface area (Å²) in [5.41, 5.74) is 7.83. The molecule has 8 rings (SSSR count). The number of hydrogen-bond acceptors (Lipinski definition) is 5. The van der Waals surface area contributed by atoms with Crippen molar-refractivity contribution in [3.05, 3.63) is 59.0 Å². The molecule has 0 bridgehead atoms. The van der Waals surface area contributed by atoms with Crippen molar-refractivity contribution in [1.82, 2.24) is 4.40 Å². The summed E-state index contributed by atoms with van der Waals surface area (Å²) in [5.74, 6) is 1.14. The molecule has 285 valence electrons. The van der Waals surface area contributed by atoms with E-state index in [0.717, 1.165) is 66.1 Å². The van der Waals surface area contributed by atoms with Gasteiger partial charge in [0.25, 0.3) is 0 Å². The molecule has 0 amide bonds. The molecule has 3 aromatic rings. The van der Waals surface area contributed by atoms with Gasteiger partial charge in [-0.05, 0) is 157 Å². The quantitative estimate of drug-likeness (QED) is 0.148. The average molecular weight is 753 g/mol. The average Bonchev–Trinajstić information content (AvgIpc) is 3.70. The van der Waals surface area contributed by atoms with E-state index in [4.69, 9.17) is 13.6 Å².